The summed E-state index contributed by atoms with van der Waals surface area (Å²) in [4.78, 5) is 15.3. The highest BCUT2D eigenvalue weighted by molar-refractivity contribution is 7.20. The van der Waals surface area contributed by atoms with Gasteiger partial charge in [0.15, 0.2) is 0 Å². The lowest BCUT2D eigenvalue weighted by Crippen LogP contribution is -2.39. The van der Waals surface area contributed by atoms with Crippen LogP contribution in [0.15, 0.2) is 48.5 Å². The van der Waals surface area contributed by atoms with Gasteiger partial charge in [0.25, 0.3) is 5.91 Å². The molecular weight excluding hydrogens is 337 g/mol. The molecule has 0 unspecified atom stereocenters. The Morgan fingerprint density at radius 1 is 1.12 bits per heavy atom. The Morgan fingerprint density at radius 2 is 1.84 bits per heavy atom. The molecule has 2 heterocycles. The summed E-state index contributed by atoms with van der Waals surface area (Å²) in [7, 11) is 0. The first-order chi connectivity index (χ1) is 12.1. The number of likely N-dealkylation sites (tertiary alicyclic amines) is 1. The van der Waals surface area contributed by atoms with Crippen molar-refractivity contribution in [3.63, 3.8) is 0 Å². The van der Waals surface area contributed by atoms with Crippen molar-refractivity contribution in [1.29, 1.82) is 0 Å². The highest BCUT2D eigenvalue weighted by Crippen LogP contribution is 2.35. The third-order valence-electron chi connectivity index (χ3n) is 4.68. The molecule has 0 bridgehead atoms. The number of hydrogen-bond donors (Lipinski definition) is 1. The Hall–Kier alpha value is -2.24. The number of nitrogens with zero attached hydrogens (tertiary/aromatic N) is 1. The fourth-order valence-corrected chi connectivity index (χ4v) is 4.33. The van der Waals surface area contributed by atoms with Gasteiger partial charge < -0.3 is 10.0 Å². The van der Waals surface area contributed by atoms with Gasteiger partial charge in [-0.05, 0) is 48.2 Å². The minimum Gasteiger partial charge on any atom is -0.393 e. The maximum atomic E-state index is 13.2. The van der Waals surface area contributed by atoms with Crippen LogP contribution in [0.4, 0.5) is 4.39 Å². The van der Waals surface area contributed by atoms with Crippen LogP contribution in [0.3, 0.4) is 0 Å². The molecule has 0 atom stereocenters. The number of aliphatic hydroxyl groups excluding tert-OH is 1. The van der Waals surface area contributed by atoms with E-state index in [2.05, 4.69) is 0 Å². The van der Waals surface area contributed by atoms with Gasteiger partial charge in [-0.15, -0.1) is 11.3 Å². The molecule has 1 aliphatic heterocycles. The number of aliphatic hydroxyl groups is 1. The Bertz CT molecular complexity index is 911. The molecule has 4 rings (SSSR count). The second kappa shape index (κ2) is 6.58. The van der Waals surface area contributed by atoms with Crippen molar-refractivity contribution in [2.24, 2.45) is 0 Å². The number of fused-ring (bicyclic) bond motifs is 1. The molecule has 3 aromatic rings. The van der Waals surface area contributed by atoms with E-state index < -0.39 is 0 Å². The van der Waals surface area contributed by atoms with Gasteiger partial charge in [0, 0.05) is 23.2 Å². The molecule has 1 aliphatic rings. The molecule has 1 N–H and O–H groups in total. The second-order valence-electron chi connectivity index (χ2n) is 6.36. The molecule has 0 spiro atoms. The monoisotopic (exact) mass is 355 g/mol. The summed E-state index contributed by atoms with van der Waals surface area (Å²) < 4.78 is 14.2. The molecule has 0 radical (unpaired) electrons. The molecule has 1 amide bonds. The summed E-state index contributed by atoms with van der Waals surface area (Å²) in [5, 5.41) is 10.6. The van der Waals surface area contributed by atoms with Crippen LogP contribution in [0.2, 0.25) is 0 Å². The highest BCUT2D eigenvalue weighted by Gasteiger charge is 2.24. The number of amides is 1. The molecule has 5 heteroatoms. The first-order valence-electron chi connectivity index (χ1n) is 8.37. The fraction of sp³-hybridized carbons (Fsp3) is 0.250. The molecule has 3 nitrogen and oxygen atoms in total. The molecule has 25 heavy (non-hydrogen) atoms. The van der Waals surface area contributed by atoms with Gasteiger partial charge in [0.05, 0.1) is 11.0 Å². The first kappa shape index (κ1) is 16.2. The topological polar surface area (TPSA) is 40.5 Å². The van der Waals surface area contributed by atoms with E-state index in [0.717, 1.165) is 21.2 Å². The van der Waals surface area contributed by atoms with E-state index in [-0.39, 0.29) is 17.8 Å². The molecular formula is C20H18FNO2S. The van der Waals surface area contributed by atoms with Crippen LogP contribution in [-0.4, -0.2) is 35.1 Å². The second-order valence-corrected chi connectivity index (χ2v) is 7.44. The predicted molar refractivity (Wildman–Crippen MR) is 98.4 cm³/mol. The third kappa shape index (κ3) is 3.17. The highest BCUT2D eigenvalue weighted by atomic mass is 32.1. The molecule has 0 saturated carbocycles. The van der Waals surface area contributed by atoms with Crippen LogP contribution in [0.25, 0.3) is 21.2 Å². The third-order valence-corrected chi connectivity index (χ3v) is 5.77. The number of piperidine rings is 1. The lowest BCUT2D eigenvalue weighted by molar-refractivity contribution is 0.0551. The number of halogens is 1. The lowest BCUT2D eigenvalue weighted by Gasteiger charge is -2.29. The van der Waals surface area contributed by atoms with E-state index in [9.17, 15) is 14.3 Å². The van der Waals surface area contributed by atoms with Crippen LogP contribution in [0.5, 0.6) is 0 Å². The first-order valence-corrected chi connectivity index (χ1v) is 9.19. The largest absolute Gasteiger partial charge is 0.393 e. The zero-order valence-corrected chi connectivity index (χ0v) is 14.4. The summed E-state index contributed by atoms with van der Waals surface area (Å²) in [6.45, 7) is 1.19. The van der Waals surface area contributed by atoms with Gasteiger partial charge in [0.2, 0.25) is 0 Å². The Balaban J connectivity index is 1.69. The van der Waals surface area contributed by atoms with Crippen molar-refractivity contribution in [3.8, 4) is 11.1 Å². The minimum atomic E-state index is -0.295. The molecule has 1 aromatic heterocycles. The van der Waals surface area contributed by atoms with Crippen molar-refractivity contribution >= 4 is 27.3 Å². The molecule has 2 aromatic carbocycles. The van der Waals surface area contributed by atoms with Crippen LogP contribution >= 0.6 is 11.3 Å². The van der Waals surface area contributed by atoms with Crippen molar-refractivity contribution in [2.45, 2.75) is 18.9 Å². The van der Waals surface area contributed by atoms with Crippen molar-refractivity contribution in [2.75, 3.05) is 13.1 Å². The van der Waals surface area contributed by atoms with E-state index >= 15 is 0 Å². The quantitative estimate of drug-likeness (QED) is 0.744. The maximum Gasteiger partial charge on any atom is 0.263 e. The van der Waals surface area contributed by atoms with Crippen LogP contribution in [-0.2, 0) is 0 Å². The Morgan fingerprint density at radius 3 is 2.56 bits per heavy atom. The SMILES string of the molecule is O=C(c1cc2c(-c3ccc(F)cc3)cccc2s1)N1CCC(O)CC1. The lowest BCUT2D eigenvalue weighted by atomic mass is 10.0. The van der Waals surface area contributed by atoms with Crippen molar-refractivity contribution < 1.29 is 14.3 Å². The summed E-state index contributed by atoms with van der Waals surface area (Å²) in [5.41, 5.74) is 1.94. The molecule has 128 valence electrons. The number of rotatable bonds is 2. The fourth-order valence-electron chi connectivity index (χ4n) is 3.27. The number of carbonyl (C=O) groups excluding carboxylic acids is 1. The van der Waals surface area contributed by atoms with Gasteiger partial charge in [-0.2, -0.15) is 0 Å². The molecule has 1 fully saturated rings. The van der Waals surface area contributed by atoms with Gasteiger partial charge >= 0.3 is 0 Å². The van der Waals surface area contributed by atoms with Crippen LogP contribution in [0.1, 0.15) is 22.5 Å². The number of benzene rings is 2. The van der Waals surface area contributed by atoms with Gasteiger partial charge in [-0.3, -0.25) is 4.79 Å². The average Bonchev–Trinajstić information content (AvgIpc) is 3.07. The number of carbonyl (C=O) groups is 1. The number of thiophene rings is 1. The van der Waals surface area contributed by atoms with Crippen LogP contribution < -0.4 is 0 Å². The Kier molecular flexibility index (Phi) is 4.27. The van der Waals surface area contributed by atoms with E-state index in [1.54, 1.807) is 12.1 Å². The summed E-state index contributed by atoms with van der Waals surface area (Å²) >= 11 is 1.48. The standard InChI is InChI=1S/C20H18FNO2S/c21-14-6-4-13(5-7-14)16-2-1-3-18-17(16)12-19(25-18)20(24)22-10-8-15(23)9-11-22/h1-7,12,15,23H,8-11H2. The smallest absolute Gasteiger partial charge is 0.263 e. The summed E-state index contributed by atoms with van der Waals surface area (Å²) in [6.07, 6.45) is 0.978. The maximum absolute atomic E-state index is 13.2. The van der Waals surface area contributed by atoms with E-state index in [0.29, 0.717) is 30.8 Å². The zero-order valence-electron chi connectivity index (χ0n) is 13.6. The molecule has 0 aliphatic carbocycles. The van der Waals surface area contributed by atoms with E-state index in [4.69, 9.17) is 0 Å². The zero-order chi connectivity index (χ0) is 17.4. The molecule has 1 saturated heterocycles. The van der Waals surface area contributed by atoms with E-state index in [1.807, 2.05) is 29.2 Å². The number of hydrogen-bond acceptors (Lipinski definition) is 3. The minimum absolute atomic E-state index is 0.0261. The van der Waals surface area contributed by atoms with E-state index in [1.165, 1.54) is 23.5 Å². The van der Waals surface area contributed by atoms with Gasteiger partial charge in [-0.25, -0.2) is 4.39 Å². The van der Waals surface area contributed by atoms with Gasteiger partial charge in [-0.1, -0.05) is 24.3 Å². The van der Waals surface area contributed by atoms with Crippen LogP contribution in [0, 0.1) is 5.82 Å². The van der Waals surface area contributed by atoms with Crippen molar-refractivity contribution in [3.05, 3.63) is 59.2 Å². The normalized spacial score (nSPS) is 15.7. The Labute approximate surface area is 149 Å². The average molecular weight is 355 g/mol. The predicted octanol–water partition coefficient (Wildman–Crippen LogP) is 4.30. The van der Waals surface area contributed by atoms with Crippen molar-refractivity contribution in [1.82, 2.24) is 4.90 Å². The van der Waals surface area contributed by atoms with Gasteiger partial charge in [0.1, 0.15) is 5.82 Å². The summed E-state index contributed by atoms with van der Waals surface area (Å²) in [5.74, 6) is -0.234. The summed E-state index contributed by atoms with van der Waals surface area (Å²) in [6, 6.07) is 14.3.